The molecule has 98 valence electrons. The van der Waals surface area contributed by atoms with Crippen molar-refractivity contribution in [2.24, 2.45) is 11.8 Å². The first-order valence-electron chi connectivity index (χ1n) is 7.42. The Kier molecular flexibility index (Phi) is 4.61. The molecule has 0 spiro atoms. The van der Waals surface area contributed by atoms with Crippen LogP contribution in [-0.2, 0) is 4.79 Å². The summed E-state index contributed by atoms with van der Waals surface area (Å²) in [5, 5.41) is 0. The Hall–Kier alpha value is -0.370. The van der Waals surface area contributed by atoms with Crippen molar-refractivity contribution in [3.63, 3.8) is 0 Å². The van der Waals surface area contributed by atoms with Crippen LogP contribution in [0.2, 0.25) is 0 Å². The summed E-state index contributed by atoms with van der Waals surface area (Å²) in [6.07, 6.45) is 8.07. The van der Waals surface area contributed by atoms with Gasteiger partial charge in [-0.2, -0.15) is 0 Å². The molecule has 0 bridgehead atoms. The highest BCUT2D eigenvalue weighted by atomic mass is 16.1. The number of Topliss-reactive ketones (excluding diaryl/α,β-unsaturated/α-hetero) is 1. The SMILES string of the molecule is CC(C)C1CCCN(C2CCCC(=O)C2)CC1. The Balaban J connectivity index is 1.87. The van der Waals surface area contributed by atoms with Gasteiger partial charge in [0.05, 0.1) is 0 Å². The highest BCUT2D eigenvalue weighted by molar-refractivity contribution is 5.79. The number of nitrogens with zero attached hydrogens (tertiary/aromatic N) is 1. The first kappa shape index (κ1) is 13.1. The molecule has 0 N–H and O–H groups in total. The van der Waals surface area contributed by atoms with Gasteiger partial charge < -0.3 is 0 Å². The van der Waals surface area contributed by atoms with Crippen LogP contribution in [0.4, 0.5) is 0 Å². The van der Waals surface area contributed by atoms with Gasteiger partial charge in [0.15, 0.2) is 0 Å². The third-order valence-electron chi connectivity index (χ3n) is 4.72. The maximum Gasteiger partial charge on any atom is 0.134 e. The van der Waals surface area contributed by atoms with E-state index in [9.17, 15) is 4.79 Å². The van der Waals surface area contributed by atoms with E-state index in [0.29, 0.717) is 11.8 Å². The van der Waals surface area contributed by atoms with Crippen molar-refractivity contribution in [2.75, 3.05) is 13.1 Å². The predicted molar refractivity (Wildman–Crippen MR) is 71.0 cm³/mol. The minimum absolute atomic E-state index is 0.492. The second-order valence-electron chi connectivity index (χ2n) is 6.26. The smallest absolute Gasteiger partial charge is 0.134 e. The summed E-state index contributed by atoms with van der Waals surface area (Å²) in [5.74, 6) is 2.22. The fraction of sp³-hybridized carbons (Fsp3) is 0.933. The molecule has 0 aromatic heterocycles. The maximum absolute atomic E-state index is 11.5. The van der Waals surface area contributed by atoms with Crippen LogP contribution < -0.4 is 0 Å². The molecule has 1 aliphatic heterocycles. The van der Waals surface area contributed by atoms with Crippen LogP contribution in [0.3, 0.4) is 0 Å². The van der Waals surface area contributed by atoms with Gasteiger partial charge in [-0.3, -0.25) is 9.69 Å². The zero-order valence-corrected chi connectivity index (χ0v) is 11.5. The minimum Gasteiger partial charge on any atom is -0.300 e. The van der Waals surface area contributed by atoms with Crippen LogP contribution in [0, 0.1) is 11.8 Å². The molecule has 2 unspecified atom stereocenters. The Bertz CT molecular complexity index is 262. The average Bonchev–Trinajstić information content (AvgIpc) is 2.54. The summed E-state index contributed by atoms with van der Waals surface area (Å²) in [6.45, 7) is 7.15. The number of carbonyl (C=O) groups excluding carboxylic acids is 1. The normalized spacial score (nSPS) is 32.8. The highest BCUT2D eigenvalue weighted by Crippen LogP contribution is 2.28. The van der Waals surface area contributed by atoms with Crippen molar-refractivity contribution in [1.82, 2.24) is 4.90 Å². The van der Waals surface area contributed by atoms with E-state index in [1.807, 2.05) is 0 Å². The van der Waals surface area contributed by atoms with Crippen molar-refractivity contribution in [3.05, 3.63) is 0 Å². The molecule has 0 amide bonds. The lowest BCUT2D eigenvalue weighted by Crippen LogP contribution is -2.39. The van der Waals surface area contributed by atoms with Gasteiger partial charge in [0.1, 0.15) is 5.78 Å². The molecule has 0 aromatic carbocycles. The molecule has 2 atom stereocenters. The van der Waals surface area contributed by atoms with E-state index >= 15 is 0 Å². The van der Waals surface area contributed by atoms with E-state index in [1.165, 1.54) is 38.8 Å². The van der Waals surface area contributed by atoms with Crippen molar-refractivity contribution in [2.45, 2.75) is 64.8 Å². The highest BCUT2D eigenvalue weighted by Gasteiger charge is 2.27. The first-order chi connectivity index (χ1) is 8.16. The van der Waals surface area contributed by atoms with Gasteiger partial charge in [-0.1, -0.05) is 13.8 Å². The quantitative estimate of drug-likeness (QED) is 0.735. The molecule has 1 saturated heterocycles. The summed E-state index contributed by atoms with van der Waals surface area (Å²) >= 11 is 0. The van der Waals surface area contributed by atoms with E-state index in [0.717, 1.165) is 31.1 Å². The second-order valence-corrected chi connectivity index (χ2v) is 6.26. The lowest BCUT2D eigenvalue weighted by atomic mass is 9.89. The molecule has 2 nitrogen and oxygen atoms in total. The van der Waals surface area contributed by atoms with Crippen LogP contribution in [-0.4, -0.2) is 29.8 Å². The predicted octanol–water partition coefficient (Wildman–Crippen LogP) is 3.26. The topological polar surface area (TPSA) is 20.3 Å². The number of carbonyl (C=O) groups is 1. The average molecular weight is 237 g/mol. The third-order valence-corrected chi connectivity index (χ3v) is 4.72. The van der Waals surface area contributed by atoms with E-state index in [-0.39, 0.29) is 0 Å². The molecule has 2 heteroatoms. The van der Waals surface area contributed by atoms with Gasteiger partial charge in [0, 0.05) is 18.9 Å². The van der Waals surface area contributed by atoms with Crippen molar-refractivity contribution < 1.29 is 4.79 Å². The zero-order chi connectivity index (χ0) is 12.3. The van der Waals surface area contributed by atoms with Crippen molar-refractivity contribution in [3.8, 4) is 0 Å². The Morgan fingerprint density at radius 2 is 1.94 bits per heavy atom. The summed E-state index contributed by atoms with van der Waals surface area (Å²) in [6, 6.07) is 0.571. The molecule has 0 radical (unpaired) electrons. The standard InChI is InChI=1S/C15H27NO/c1-12(2)13-5-4-9-16(10-8-13)14-6-3-7-15(17)11-14/h12-14H,3-11H2,1-2H3. The number of likely N-dealkylation sites (tertiary alicyclic amines) is 1. The van der Waals surface area contributed by atoms with Crippen molar-refractivity contribution in [1.29, 1.82) is 0 Å². The van der Waals surface area contributed by atoms with Crippen molar-refractivity contribution >= 4 is 5.78 Å². The maximum atomic E-state index is 11.5. The zero-order valence-electron chi connectivity index (χ0n) is 11.5. The van der Waals surface area contributed by atoms with Gasteiger partial charge in [-0.15, -0.1) is 0 Å². The van der Waals surface area contributed by atoms with Gasteiger partial charge >= 0.3 is 0 Å². The summed E-state index contributed by atoms with van der Waals surface area (Å²) in [7, 11) is 0. The van der Waals surface area contributed by atoms with Gasteiger partial charge in [-0.25, -0.2) is 0 Å². The molecular formula is C15H27NO. The Labute approximate surface area is 106 Å². The first-order valence-corrected chi connectivity index (χ1v) is 7.42. The molecule has 2 rings (SSSR count). The summed E-state index contributed by atoms with van der Waals surface area (Å²) in [4.78, 5) is 14.2. The van der Waals surface area contributed by atoms with Gasteiger partial charge in [0.25, 0.3) is 0 Å². The number of hydrogen-bond donors (Lipinski definition) is 0. The number of rotatable bonds is 2. The molecule has 2 fully saturated rings. The monoisotopic (exact) mass is 237 g/mol. The van der Waals surface area contributed by atoms with Crippen LogP contribution in [0.5, 0.6) is 0 Å². The van der Waals surface area contributed by atoms with Crippen LogP contribution in [0.15, 0.2) is 0 Å². The molecular weight excluding hydrogens is 210 g/mol. The molecule has 1 heterocycles. The van der Waals surface area contributed by atoms with Gasteiger partial charge in [-0.05, 0) is 57.0 Å². The lowest BCUT2D eigenvalue weighted by Gasteiger charge is -2.33. The van der Waals surface area contributed by atoms with E-state index in [4.69, 9.17) is 0 Å². The number of ketones is 1. The van der Waals surface area contributed by atoms with E-state index in [1.54, 1.807) is 0 Å². The molecule has 1 saturated carbocycles. The molecule has 2 aliphatic rings. The Morgan fingerprint density at radius 3 is 2.65 bits per heavy atom. The van der Waals surface area contributed by atoms with Gasteiger partial charge in [0.2, 0.25) is 0 Å². The van der Waals surface area contributed by atoms with E-state index < -0.39 is 0 Å². The fourth-order valence-electron chi connectivity index (χ4n) is 3.49. The molecule has 0 aromatic rings. The molecule has 17 heavy (non-hydrogen) atoms. The lowest BCUT2D eigenvalue weighted by molar-refractivity contribution is -0.122. The van der Waals surface area contributed by atoms with Crippen LogP contribution >= 0.6 is 0 Å². The third kappa shape index (κ3) is 3.54. The molecule has 1 aliphatic carbocycles. The fourth-order valence-corrected chi connectivity index (χ4v) is 3.49. The van der Waals surface area contributed by atoms with Crippen LogP contribution in [0.25, 0.3) is 0 Å². The summed E-state index contributed by atoms with van der Waals surface area (Å²) < 4.78 is 0. The van der Waals surface area contributed by atoms with E-state index in [2.05, 4.69) is 18.7 Å². The summed E-state index contributed by atoms with van der Waals surface area (Å²) in [5.41, 5.74) is 0. The second kappa shape index (κ2) is 5.99. The number of hydrogen-bond acceptors (Lipinski definition) is 2. The minimum atomic E-state index is 0.492. The largest absolute Gasteiger partial charge is 0.300 e. The Morgan fingerprint density at radius 1 is 1.12 bits per heavy atom. The van der Waals surface area contributed by atoms with Crippen LogP contribution in [0.1, 0.15) is 58.8 Å².